The van der Waals surface area contributed by atoms with Crippen molar-refractivity contribution in [3.8, 4) is 11.5 Å². The van der Waals surface area contributed by atoms with Gasteiger partial charge in [0.05, 0.1) is 27.0 Å². The van der Waals surface area contributed by atoms with E-state index in [1.807, 2.05) is 36.4 Å². The number of rotatable bonds is 6. The summed E-state index contributed by atoms with van der Waals surface area (Å²) in [5, 5.41) is 18.6. The maximum atomic E-state index is 10.4. The molecule has 0 bridgehead atoms. The van der Waals surface area contributed by atoms with E-state index < -0.39 is 6.10 Å². The predicted octanol–water partition coefficient (Wildman–Crippen LogP) is 2.43. The highest BCUT2D eigenvalue weighted by atomic mass is 16.5. The van der Waals surface area contributed by atoms with Crippen LogP contribution in [0.15, 0.2) is 54.7 Å². The summed E-state index contributed by atoms with van der Waals surface area (Å²) in [6, 6.07) is 15.0. The molecule has 1 N–H and O–H groups in total. The van der Waals surface area contributed by atoms with Crippen molar-refractivity contribution in [1.82, 2.24) is 15.0 Å². The lowest BCUT2D eigenvalue weighted by molar-refractivity contribution is 0.215. The molecule has 3 rings (SSSR count). The zero-order valence-electron chi connectivity index (χ0n) is 13.6. The number of aromatic nitrogens is 3. The lowest BCUT2D eigenvalue weighted by Gasteiger charge is -2.08. The van der Waals surface area contributed by atoms with Crippen LogP contribution < -0.4 is 9.47 Å². The number of ether oxygens (including phenoxy) is 2. The van der Waals surface area contributed by atoms with Crippen LogP contribution >= 0.6 is 0 Å². The fourth-order valence-electron chi connectivity index (χ4n) is 2.43. The van der Waals surface area contributed by atoms with Gasteiger partial charge in [0, 0.05) is 0 Å². The number of aliphatic hydroxyl groups excluding tert-OH is 1. The van der Waals surface area contributed by atoms with Gasteiger partial charge in [-0.05, 0) is 35.4 Å². The molecule has 0 aliphatic heterocycles. The van der Waals surface area contributed by atoms with Crippen LogP contribution in [0.25, 0.3) is 0 Å². The molecule has 0 aliphatic rings. The van der Waals surface area contributed by atoms with Gasteiger partial charge in [0.25, 0.3) is 0 Å². The third kappa shape index (κ3) is 3.55. The molecule has 2 aromatic carbocycles. The third-order valence-electron chi connectivity index (χ3n) is 3.75. The van der Waals surface area contributed by atoms with Crippen molar-refractivity contribution in [3.05, 3.63) is 71.5 Å². The van der Waals surface area contributed by atoms with Crippen molar-refractivity contribution >= 4 is 0 Å². The summed E-state index contributed by atoms with van der Waals surface area (Å²) in [5.41, 5.74) is 2.29. The number of hydrogen-bond acceptors (Lipinski definition) is 5. The first-order chi connectivity index (χ1) is 11.7. The first-order valence-corrected chi connectivity index (χ1v) is 7.54. The van der Waals surface area contributed by atoms with Gasteiger partial charge in [0.1, 0.15) is 23.3 Å². The van der Waals surface area contributed by atoms with Crippen molar-refractivity contribution in [2.75, 3.05) is 14.2 Å². The smallest absolute Gasteiger partial charge is 0.124 e. The van der Waals surface area contributed by atoms with E-state index in [9.17, 15) is 5.11 Å². The fraction of sp³-hybridized carbons (Fsp3) is 0.222. The van der Waals surface area contributed by atoms with Gasteiger partial charge in [-0.25, -0.2) is 4.68 Å². The minimum absolute atomic E-state index is 0.503. The topological polar surface area (TPSA) is 69.4 Å². The Bertz CT molecular complexity index is 799. The quantitative estimate of drug-likeness (QED) is 0.754. The van der Waals surface area contributed by atoms with Crippen molar-refractivity contribution in [2.24, 2.45) is 0 Å². The largest absolute Gasteiger partial charge is 0.497 e. The van der Waals surface area contributed by atoms with Crippen LogP contribution in [0.5, 0.6) is 11.5 Å². The molecule has 6 nitrogen and oxygen atoms in total. The molecule has 0 saturated carbocycles. The fourth-order valence-corrected chi connectivity index (χ4v) is 2.43. The molecule has 0 aliphatic carbocycles. The average Bonchev–Trinajstić information content (AvgIpc) is 3.09. The zero-order valence-corrected chi connectivity index (χ0v) is 13.6. The van der Waals surface area contributed by atoms with Gasteiger partial charge in [-0.3, -0.25) is 0 Å². The number of methoxy groups -OCH3 is 2. The second-order valence-electron chi connectivity index (χ2n) is 5.37. The lowest BCUT2D eigenvalue weighted by atomic mass is 10.1. The molecule has 0 amide bonds. The first-order valence-electron chi connectivity index (χ1n) is 7.54. The SMILES string of the molecule is COc1ccc(C(O)c2cn(Cc3cccc(OC)c3)nn2)cc1. The van der Waals surface area contributed by atoms with Gasteiger partial charge in [-0.15, -0.1) is 5.10 Å². The monoisotopic (exact) mass is 325 g/mol. The molecule has 0 fully saturated rings. The molecule has 0 saturated heterocycles. The summed E-state index contributed by atoms with van der Waals surface area (Å²) in [4.78, 5) is 0. The van der Waals surface area contributed by atoms with Crippen LogP contribution in [-0.4, -0.2) is 34.3 Å². The average molecular weight is 325 g/mol. The van der Waals surface area contributed by atoms with E-state index in [-0.39, 0.29) is 0 Å². The molecule has 1 atom stereocenters. The van der Waals surface area contributed by atoms with Crippen LogP contribution in [-0.2, 0) is 6.54 Å². The highest BCUT2D eigenvalue weighted by molar-refractivity contribution is 5.31. The maximum Gasteiger partial charge on any atom is 0.124 e. The Hall–Kier alpha value is -2.86. The Kier molecular flexibility index (Phi) is 4.77. The number of nitrogens with zero attached hydrogens (tertiary/aromatic N) is 3. The lowest BCUT2D eigenvalue weighted by Crippen LogP contribution is -2.01. The second-order valence-corrected chi connectivity index (χ2v) is 5.37. The molecule has 1 heterocycles. The standard InChI is InChI=1S/C18H19N3O3/c1-23-15-8-6-14(7-9-15)18(22)17-12-21(20-19-17)11-13-4-3-5-16(10-13)24-2/h3-10,12,18,22H,11H2,1-2H3. The zero-order chi connectivity index (χ0) is 16.9. The van der Waals surface area contributed by atoms with E-state index in [1.54, 1.807) is 37.2 Å². The highest BCUT2D eigenvalue weighted by Gasteiger charge is 2.15. The van der Waals surface area contributed by atoms with E-state index in [4.69, 9.17) is 9.47 Å². The van der Waals surface area contributed by atoms with Gasteiger partial charge in [0.2, 0.25) is 0 Å². The van der Waals surface area contributed by atoms with E-state index in [1.165, 1.54) is 0 Å². The molecule has 1 aromatic heterocycles. The first kappa shape index (κ1) is 16.0. The Labute approximate surface area is 140 Å². The van der Waals surface area contributed by atoms with Crippen LogP contribution in [0.2, 0.25) is 0 Å². The van der Waals surface area contributed by atoms with Gasteiger partial charge in [-0.1, -0.05) is 29.5 Å². The minimum Gasteiger partial charge on any atom is -0.497 e. The molecule has 0 radical (unpaired) electrons. The van der Waals surface area contributed by atoms with Crippen molar-refractivity contribution < 1.29 is 14.6 Å². The summed E-state index contributed by atoms with van der Waals surface area (Å²) < 4.78 is 12.0. The molecule has 3 aromatic rings. The summed E-state index contributed by atoms with van der Waals surface area (Å²) in [6.45, 7) is 0.555. The van der Waals surface area contributed by atoms with Crippen LogP contribution in [0, 0.1) is 0 Å². The van der Waals surface area contributed by atoms with Crippen LogP contribution in [0.1, 0.15) is 22.9 Å². The molecular formula is C18H19N3O3. The van der Waals surface area contributed by atoms with E-state index in [2.05, 4.69) is 10.3 Å². The molecule has 24 heavy (non-hydrogen) atoms. The Morgan fingerprint density at radius 2 is 1.79 bits per heavy atom. The van der Waals surface area contributed by atoms with Crippen molar-refractivity contribution in [3.63, 3.8) is 0 Å². The minimum atomic E-state index is -0.824. The van der Waals surface area contributed by atoms with Crippen LogP contribution in [0.3, 0.4) is 0 Å². The number of benzene rings is 2. The van der Waals surface area contributed by atoms with Gasteiger partial charge in [0.15, 0.2) is 0 Å². The molecule has 6 heteroatoms. The van der Waals surface area contributed by atoms with Crippen LogP contribution in [0.4, 0.5) is 0 Å². The second kappa shape index (κ2) is 7.14. The maximum absolute atomic E-state index is 10.4. The van der Waals surface area contributed by atoms with E-state index in [0.29, 0.717) is 12.2 Å². The normalized spacial score (nSPS) is 12.0. The Balaban J connectivity index is 1.74. The molecular weight excluding hydrogens is 306 g/mol. The van der Waals surface area contributed by atoms with Gasteiger partial charge in [-0.2, -0.15) is 0 Å². The summed E-state index contributed by atoms with van der Waals surface area (Å²) >= 11 is 0. The Morgan fingerprint density at radius 3 is 2.50 bits per heavy atom. The molecule has 0 spiro atoms. The van der Waals surface area contributed by atoms with Gasteiger partial charge < -0.3 is 14.6 Å². The summed E-state index contributed by atoms with van der Waals surface area (Å²) in [7, 11) is 3.24. The van der Waals surface area contributed by atoms with Crippen molar-refractivity contribution in [2.45, 2.75) is 12.6 Å². The highest BCUT2D eigenvalue weighted by Crippen LogP contribution is 2.22. The third-order valence-corrected chi connectivity index (χ3v) is 3.75. The predicted molar refractivity (Wildman–Crippen MR) is 89.2 cm³/mol. The summed E-state index contributed by atoms with van der Waals surface area (Å²) in [6.07, 6.45) is 0.920. The number of hydrogen-bond donors (Lipinski definition) is 1. The van der Waals surface area contributed by atoms with Crippen molar-refractivity contribution in [1.29, 1.82) is 0 Å². The van der Waals surface area contributed by atoms with E-state index in [0.717, 1.165) is 22.6 Å². The molecule has 124 valence electrons. The Morgan fingerprint density at radius 1 is 1.04 bits per heavy atom. The van der Waals surface area contributed by atoms with E-state index >= 15 is 0 Å². The summed E-state index contributed by atoms with van der Waals surface area (Å²) in [5.74, 6) is 1.54. The van der Waals surface area contributed by atoms with Gasteiger partial charge >= 0.3 is 0 Å². The number of aliphatic hydroxyl groups is 1. The molecule has 1 unspecified atom stereocenters.